The minimum Gasteiger partial charge on any atom is -0.465 e. The van der Waals surface area contributed by atoms with Gasteiger partial charge in [0.25, 0.3) is 5.91 Å². The molecule has 16 heavy (non-hydrogen) atoms. The summed E-state index contributed by atoms with van der Waals surface area (Å²) in [6.45, 7) is 3.71. The van der Waals surface area contributed by atoms with E-state index < -0.39 is 23.6 Å². The average molecular weight is 228 g/mol. The Kier molecular flexibility index (Phi) is 3.51. The largest absolute Gasteiger partial charge is 0.465 e. The van der Waals surface area contributed by atoms with Crippen LogP contribution in [0.4, 0.5) is 9.59 Å². The van der Waals surface area contributed by atoms with Gasteiger partial charge in [-0.1, -0.05) is 26.7 Å². The Hall–Kier alpha value is -1.59. The molecule has 0 aromatic carbocycles. The van der Waals surface area contributed by atoms with Crippen LogP contribution in [0, 0.1) is 0 Å². The first kappa shape index (κ1) is 12.5. The second kappa shape index (κ2) is 4.51. The molecule has 0 saturated carbocycles. The Balaban J connectivity index is 3.14. The van der Waals surface area contributed by atoms with Gasteiger partial charge in [0.1, 0.15) is 5.54 Å². The average Bonchev–Trinajstić information content (AvgIpc) is 2.39. The van der Waals surface area contributed by atoms with Crippen molar-refractivity contribution in [1.29, 1.82) is 0 Å². The van der Waals surface area contributed by atoms with E-state index in [1.165, 1.54) is 0 Å². The standard InChI is InChI=1S/C10H16N2O4/c1-3-5-10(6-4-2)7(13)11-8(14)12(10)9(15)16/h3-6H2,1-2H3,(H,15,16)(H,11,13,14). The van der Waals surface area contributed by atoms with Gasteiger partial charge in [-0.25, -0.2) is 14.5 Å². The second-order valence-corrected chi connectivity index (χ2v) is 3.91. The van der Waals surface area contributed by atoms with E-state index in [1.54, 1.807) is 0 Å². The van der Waals surface area contributed by atoms with Gasteiger partial charge in [-0.05, 0) is 12.8 Å². The van der Waals surface area contributed by atoms with Crippen molar-refractivity contribution in [2.75, 3.05) is 0 Å². The number of urea groups is 1. The third kappa shape index (κ3) is 1.75. The normalized spacial score (nSPS) is 18.8. The van der Waals surface area contributed by atoms with Crippen molar-refractivity contribution in [2.45, 2.75) is 45.1 Å². The highest BCUT2D eigenvalue weighted by Gasteiger charge is 2.54. The van der Waals surface area contributed by atoms with E-state index in [-0.39, 0.29) is 0 Å². The molecule has 1 aliphatic rings. The van der Waals surface area contributed by atoms with E-state index in [1.807, 2.05) is 13.8 Å². The maximum Gasteiger partial charge on any atom is 0.416 e. The van der Waals surface area contributed by atoms with Gasteiger partial charge in [-0.15, -0.1) is 0 Å². The Morgan fingerprint density at radius 1 is 1.31 bits per heavy atom. The monoisotopic (exact) mass is 228 g/mol. The predicted molar refractivity (Wildman–Crippen MR) is 55.9 cm³/mol. The van der Waals surface area contributed by atoms with E-state index in [0.29, 0.717) is 30.6 Å². The molecule has 2 N–H and O–H groups in total. The molecule has 4 amide bonds. The lowest BCUT2D eigenvalue weighted by molar-refractivity contribution is -0.127. The molecule has 0 spiro atoms. The van der Waals surface area contributed by atoms with Crippen LogP contribution in [0.1, 0.15) is 39.5 Å². The zero-order chi connectivity index (χ0) is 12.3. The zero-order valence-corrected chi connectivity index (χ0v) is 9.45. The fourth-order valence-corrected chi connectivity index (χ4v) is 2.24. The van der Waals surface area contributed by atoms with Gasteiger partial charge in [0.15, 0.2) is 0 Å². The molecule has 0 aromatic rings. The van der Waals surface area contributed by atoms with E-state index >= 15 is 0 Å². The molecular formula is C10H16N2O4. The van der Waals surface area contributed by atoms with Crippen LogP contribution in [0.25, 0.3) is 0 Å². The number of carboxylic acid groups (broad SMARTS) is 1. The molecule has 1 aliphatic heterocycles. The van der Waals surface area contributed by atoms with Crippen LogP contribution < -0.4 is 5.32 Å². The quantitative estimate of drug-likeness (QED) is 0.715. The number of imide groups is 2. The summed E-state index contributed by atoms with van der Waals surface area (Å²) in [6, 6.07) is -0.834. The zero-order valence-electron chi connectivity index (χ0n) is 9.45. The molecule has 1 fully saturated rings. The van der Waals surface area contributed by atoms with E-state index in [9.17, 15) is 14.4 Å². The smallest absolute Gasteiger partial charge is 0.416 e. The lowest BCUT2D eigenvalue weighted by Gasteiger charge is -2.31. The third-order valence-corrected chi connectivity index (χ3v) is 2.79. The number of amides is 4. The van der Waals surface area contributed by atoms with Crippen molar-refractivity contribution in [2.24, 2.45) is 0 Å². The van der Waals surface area contributed by atoms with Crippen LogP contribution in [0.15, 0.2) is 0 Å². The molecule has 0 aliphatic carbocycles. The first-order valence-electron chi connectivity index (χ1n) is 5.38. The fraction of sp³-hybridized carbons (Fsp3) is 0.700. The minimum atomic E-state index is -1.37. The molecule has 1 saturated heterocycles. The minimum absolute atomic E-state index is 0.366. The van der Waals surface area contributed by atoms with Crippen molar-refractivity contribution in [3.63, 3.8) is 0 Å². The van der Waals surface area contributed by atoms with Crippen molar-refractivity contribution in [1.82, 2.24) is 10.2 Å². The number of carbonyl (C=O) groups excluding carboxylic acids is 2. The number of nitrogens with one attached hydrogen (secondary N) is 1. The number of rotatable bonds is 4. The highest BCUT2D eigenvalue weighted by Crippen LogP contribution is 2.32. The van der Waals surface area contributed by atoms with Crippen LogP contribution in [0.3, 0.4) is 0 Å². The molecule has 0 unspecified atom stereocenters. The summed E-state index contributed by atoms with van der Waals surface area (Å²) in [4.78, 5) is 34.8. The Bertz CT molecular complexity index is 321. The molecule has 90 valence electrons. The molecule has 0 atom stereocenters. The summed E-state index contributed by atoms with van der Waals surface area (Å²) >= 11 is 0. The molecule has 0 radical (unpaired) electrons. The SMILES string of the molecule is CCCC1(CCC)C(=O)NC(=O)N1C(=O)O. The van der Waals surface area contributed by atoms with Gasteiger partial charge in [-0.3, -0.25) is 10.1 Å². The summed E-state index contributed by atoms with van der Waals surface area (Å²) in [6.07, 6.45) is 0.648. The third-order valence-electron chi connectivity index (χ3n) is 2.79. The highest BCUT2D eigenvalue weighted by molar-refractivity contribution is 6.12. The lowest BCUT2D eigenvalue weighted by atomic mass is 9.87. The Morgan fingerprint density at radius 2 is 1.81 bits per heavy atom. The maximum absolute atomic E-state index is 11.8. The summed E-state index contributed by atoms with van der Waals surface area (Å²) < 4.78 is 0. The summed E-state index contributed by atoms with van der Waals surface area (Å²) in [5.74, 6) is -0.497. The Morgan fingerprint density at radius 3 is 2.19 bits per heavy atom. The van der Waals surface area contributed by atoms with Crippen LogP contribution in [0.2, 0.25) is 0 Å². The van der Waals surface area contributed by atoms with Gasteiger partial charge in [-0.2, -0.15) is 0 Å². The van der Waals surface area contributed by atoms with Gasteiger partial charge in [0.2, 0.25) is 0 Å². The molecule has 1 heterocycles. The topological polar surface area (TPSA) is 86.7 Å². The van der Waals surface area contributed by atoms with E-state index in [4.69, 9.17) is 5.11 Å². The second-order valence-electron chi connectivity index (χ2n) is 3.91. The maximum atomic E-state index is 11.8. The molecule has 6 nitrogen and oxygen atoms in total. The molecule has 6 heteroatoms. The van der Waals surface area contributed by atoms with Crippen LogP contribution in [0.5, 0.6) is 0 Å². The van der Waals surface area contributed by atoms with Gasteiger partial charge in [0, 0.05) is 0 Å². The van der Waals surface area contributed by atoms with Crippen LogP contribution in [-0.2, 0) is 4.79 Å². The Labute approximate surface area is 93.6 Å². The summed E-state index contributed by atoms with van der Waals surface area (Å²) in [5, 5.41) is 11.1. The molecule has 0 bridgehead atoms. The van der Waals surface area contributed by atoms with Crippen molar-refractivity contribution < 1.29 is 19.5 Å². The summed E-state index contributed by atoms with van der Waals surface area (Å²) in [5.41, 5.74) is -1.20. The molecular weight excluding hydrogens is 212 g/mol. The molecule has 1 rings (SSSR count). The van der Waals surface area contributed by atoms with Crippen LogP contribution >= 0.6 is 0 Å². The number of nitrogens with zero attached hydrogens (tertiary/aromatic N) is 1. The van der Waals surface area contributed by atoms with Crippen molar-refractivity contribution in [3.05, 3.63) is 0 Å². The summed E-state index contributed by atoms with van der Waals surface area (Å²) in [7, 11) is 0. The van der Waals surface area contributed by atoms with E-state index in [2.05, 4.69) is 5.32 Å². The van der Waals surface area contributed by atoms with Crippen molar-refractivity contribution >= 4 is 18.0 Å². The predicted octanol–water partition coefficient (Wildman–Crippen LogP) is 1.56. The number of carbonyl (C=O) groups is 3. The first-order chi connectivity index (χ1) is 7.49. The first-order valence-corrected chi connectivity index (χ1v) is 5.38. The van der Waals surface area contributed by atoms with Crippen molar-refractivity contribution in [3.8, 4) is 0 Å². The fourth-order valence-electron chi connectivity index (χ4n) is 2.24. The lowest BCUT2D eigenvalue weighted by Crippen LogP contribution is -2.51. The van der Waals surface area contributed by atoms with Crippen LogP contribution in [-0.4, -0.2) is 33.6 Å². The van der Waals surface area contributed by atoms with Gasteiger partial charge < -0.3 is 5.11 Å². The van der Waals surface area contributed by atoms with Gasteiger partial charge in [0.05, 0.1) is 0 Å². The van der Waals surface area contributed by atoms with E-state index in [0.717, 1.165) is 0 Å². The van der Waals surface area contributed by atoms with Gasteiger partial charge >= 0.3 is 12.1 Å². The number of hydrogen-bond acceptors (Lipinski definition) is 3. The highest BCUT2D eigenvalue weighted by atomic mass is 16.4. The number of hydrogen-bond donors (Lipinski definition) is 2. The molecule has 0 aromatic heterocycles.